The molecule has 0 heterocycles. The molecule has 0 bridgehead atoms. The molecule has 0 saturated carbocycles. The Morgan fingerprint density at radius 3 is 0.933 bits per heavy atom. The molecule has 1 aromatic rings. The zero-order chi connectivity index (χ0) is 11.6. The Balaban J connectivity index is 3.57. The van der Waals surface area contributed by atoms with Gasteiger partial charge in [-0.3, -0.25) is 0 Å². The molecule has 0 aliphatic rings. The second-order valence-electron chi connectivity index (χ2n) is 3.92. The van der Waals surface area contributed by atoms with Crippen LogP contribution in [0.3, 0.4) is 0 Å². The highest BCUT2D eigenvalue weighted by Gasteiger charge is 2.12. The third kappa shape index (κ3) is 2.02. The van der Waals surface area contributed by atoms with E-state index in [1.54, 1.807) is 0 Å². The van der Waals surface area contributed by atoms with Crippen molar-refractivity contribution in [3.63, 3.8) is 0 Å². The highest BCUT2D eigenvalue weighted by Crippen LogP contribution is 2.27. The fourth-order valence-electron chi connectivity index (χ4n) is 2.31. The van der Waals surface area contributed by atoms with Crippen LogP contribution in [0.5, 0.6) is 0 Å². The SMILES string of the molecule is [B]Cc1c(C)c(C[B])c(C)c(C[B])c1C. The summed E-state index contributed by atoms with van der Waals surface area (Å²) in [6.45, 7) is 6.26. The first kappa shape index (κ1) is 12.5. The Kier molecular flexibility index (Phi) is 4.13. The van der Waals surface area contributed by atoms with Crippen LogP contribution in [0.1, 0.15) is 33.4 Å². The predicted octanol–water partition coefficient (Wildman–Crippen LogP) is 1.62. The quantitative estimate of drug-likeness (QED) is 0.637. The largest absolute Gasteiger partial charge is 0.0716 e. The van der Waals surface area contributed by atoms with Crippen LogP contribution < -0.4 is 0 Å². The monoisotopic (exact) mass is 192 g/mol. The molecule has 0 aromatic heterocycles. The molecule has 0 amide bonds. The Morgan fingerprint density at radius 1 is 0.600 bits per heavy atom. The summed E-state index contributed by atoms with van der Waals surface area (Å²) in [7, 11) is 17.3. The van der Waals surface area contributed by atoms with Crippen molar-refractivity contribution in [2.24, 2.45) is 0 Å². The Morgan fingerprint density at radius 2 is 0.800 bits per heavy atom. The maximum Gasteiger partial charge on any atom is 0.0716 e. The van der Waals surface area contributed by atoms with Gasteiger partial charge in [0.2, 0.25) is 0 Å². The van der Waals surface area contributed by atoms with E-state index in [4.69, 9.17) is 23.5 Å². The topological polar surface area (TPSA) is 0 Å². The van der Waals surface area contributed by atoms with Crippen LogP contribution in [0, 0.1) is 20.8 Å². The van der Waals surface area contributed by atoms with E-state index in [-0.39, 0.29) is 0 Å². The summed E-state index contributed by atoms with van der Waals surface area (Å²) in [6.07, 6.45) is 1.66. The van der Waals surface area contributed by atoms with Gasteiger partial charge in [-0.2, -0.15) is 0 Å². The highest BCUT2D eigenvalue weighted by atomic mass is 14.2. The van der Waals surface area contributed by atoms with Crippen molar-refractivity contribution in [2.45, 2.75) is 39.7 Å². The molecule has 1 rings (SSSR count). The lowest BCUT2D eigenvalue weighted by molar-refractivity contribution is 1.09. The van der Waals surface area contributed by atoms with E-state index in [0.717, 1.165) is 0 Å². The van der Waals surface area contributed by atoms with Crippen molar-refractivity contribution in [1.29, 1.82) is 0 Å². The van der Waals surface area contributed by atoms with Crippen LogP contribution in [0.25, 0.3) is 0 Å². The summed E-state index contributed by atoms with van der Waals surface area (Å²) in [5, 5.41) is 0. The Hall–Kier alpha value is -0.585. The van der Waals surface area contributed by atoms with Crippen molar-refractivity contribution >= 4 is 23.5 Å². The van der Waals surface area contributed by atoms with Crippen LogP contribution in [0.15, 0.2) is 0 Å². The smallest absolute Gasteiger partial charge is 0.0638 e. The molecule has 0 atom stereocenters. The van der Waals surface area contributed by atoms with Crippen LogP contribution >= 0.6 is 0 Å². The van der Waals surface area contributed by atoms with Gasteiger partial charge in [-0.05, 0) is 37.5 Å². The summed E-state index contributed by atoms with van der Waals surface area (Å²) >= 11 is 0. The summed E-state index contributed by atoms with van der Waals surface area (Å²) < 4.78 is 0. The fourth-order valence-corrected chi connectivity index (χ4v) is 2.31. The van der Waals surface area contributed by atoms with Crippen LogP contribution in [-0.4, -0.2) is 23.5 Å². The van der Waals surface area contributed by atoms with Gasteiger partial charge in [0.25, 0.3) is 0 Å². The predicted molar refractivity (Wildman–Crippen MR) is 69.0 cm³/mol. The van der Waals surface area contributed by atoms with Gasteiger partial charge >= 0.3 is 0 Å². The zero-order valence-electron chi connectivity index (χ0n) is 9.85. The van der Waals surface area contributed by atoms with Crippen LogP contribution in [0.2, 0.25) is 0 Å². The first-order valence-electron chi connectivity index (χ1n) is 5.29. The van der Waals surface area contributed by atoms with Gasteiger partial charge in [-0.1, -0.05) is 35.7 Å². The minimum absolute atomic E-state index is 0.554. The standard InChI is InChI=1S/C12H15B3/c1-7-10(4-13)8(2)12(6-15)9(3)11(7)5-14/h4-6H2,1-3H3. The van der Waals surface area contributed by atoms with Gasteiger partial charge in [0.1, 0.15) is 0 Å². The summed E-state index contributed by atoms with van der Waals surface area (Å²) in [6, 6.07) is 0. The fraction of sp³-hybridized carbons (Fsp3) is 0.500. The molecule has 1 aromatic carbocycles. The lowest BCUT2D eigenvalue weighted by atomic mass is 9.76. The molecule has 3 heteroatoms. The van der Waals surface area contributed by atoms with E-state index in [1.165, 1.54) is 33.4 Å². The number of hydrogen-bond acceptors (Lipinski definition) is 0. The molecule has 0 aliphatic heterocycles. The minimum atomic E-state index is 0.554. The average molecular weight is 192 g/mol. The number of rotatable bonds is 3. The zero-order valence-corrected chi connectivity index (χ0v) is 9.85. The third-order valence-corrected chi connectivity index (χ3v) is 3.33. The van der Waals surface area contributed by atoms with Gasteiger partial charge in [-0.15, -0.1) is 0 Å². The van der Waals surface area contributed by atoms with E-state index in [0.29, 0.717) is 19.0 Å². The lowest BCUT2D eigenvalue weighted by Gasteiger charge is -2.20. The molecule has 0 saturated heterocycles. The molecule has 0 unspecified atom stereocenters. The molecular formula is C12H15B3. The van der Waals surface area contributed by atoms with Crippen molar-refractivity contribution in [2.75, 3.05) is 0 Å². The molecule has 0 nitrogen and oxygen atoms in total. The Labute approximate surface area is 97.1 Å². The minimum Gasteiger partial charge on any atom is -0.0638 e. The van der Waals surface area contributed by atoms with Gasteiger partial charge in [0.15, 0.2) is 0 Å². The molecule has 0 spiro atoms. The van der Waals surface area contributed by atoms with E-state index in [9.17, 15) is 0 Å². The molecule has 15 heavy (non-hydrogen) atoms. The molecule has 6 radical (unpaired) electrons. The highest BCUT2D eigenvalue weighted by molar-refractivity contribution is 6.10. The van der Waals surface area contributed by atoms with Gasteiger partial charge < -0.3 is 0 Å². The summed E-state index contributed by atoms with van der Waals surface area (Å²) in [5.41, 5.74) is 7.27. The normalized spacial score (nSPS) is 10.6. The second-order valence-corrected chi connectivity index (χ2v) is 3.92. The molecule has 72 valence electrons. The molecular weight excluding hydrogens is 177 g/mol. The van der Waals surface area contributed by atoms with Crippen molar-refractivity contribution < 1.29 is 0 Å². The van der Waals surface area contributed by atoms with Crippen molar-refractivity contribution in [1.82, 2.24) is 0 Å². The van der Waals surface area contributed by atoms with E-state index < -0.39 is 0 Å². The lowest BCUT2D eigenvalue weighted by Crippen LogP contribution is -2.08. The van der Waals surface area contributed by atoms with Gasteiger partial charge in [0.05, 0.1) is 23.5 Å². The maximum atomic E-state index is 5.77. The van der Waals surface area contributed by atoms with Crippen LogP contribution in [0.4, 0.5) is 0 Å². The van der Waals surface area contributed by atoms with Gasteiger partial charge in [0, 0.05) is 0 Å². The van der Waals surface area contributed by atoms with E-state index in [2.05, 4.69) is 20.8 Å². The van der Waals surface area contributed by atoms with Crippen molar-refractivity contribution in [3.05, 3.63) is 33.4 Å². The van der Waals surface area contributed by atoms with Gasteiger partial charge in [-0.25, -0.2) is 0 Å². The first-order chi connectivity index (χ1) is 7.08. The van der Waals surface area contributed by atoms with Crippen molar-refractivity contribution in [3.8, 4) is 0 Å². The van der Waals surface area contributed by atoms with Crippen LogP contribution in [-0.2, 0) is 19.0 Å². The maximum absolute atomic E-state index is 5.77. The summed E-state index contributed by atoms with van der Waals surface area (Å²) in [4.78, 5) is 0. The number of hydrogen-bond donors (Lipinski definition) is 0. The number of benzene rings is 1. The molecule has 0 fully saturated rings. The third-order valence-electron chi connectivity index (χ3n) is 3.33. The second kappa shape index (κ2) is 4.96. The summed E-state index contributed by atoms with van der Waals surface area (Å²) in [5.74, 6) is 0. The van der Waals surface area contributed by atoms with E-state index >= 15 is 0 Å². The first-order valence-corrected chi connectivity index (χ1v) is 5.29. The molecule has 0 N–H and O–H groups in total. The van der Waals surface area contributed by atoms with E-state index in [1.807, 2.05) is 0 Å². The average Bonchev–Trinajstić information content (AvgIpc) is 2.19. The molecule has 0 aliphatic carbocycles. The Bertz CT molecular complexity index is 291.